The predicted molar refractivity (Wildman–Crippen MR) is 114 cm³/mol. The Kier molecular flexibility index (Phi) is 4.92. The Labute approximate surface area is 168 Å². The highest BCUT2D eigenvalue weighted by Gasteiger charge is 2.20. The Balaban J connectivity index is 1.89. The number of aryl methyl sites for hydroxylation is 1. The first kappa shape index (κ1) is 18.9. The van der Waals surface area contributed by atoms with E-state index in [-0.39, 0.29) is 5.91 Å². The van der Waals surface area contributed by atoms with Crippen LogP contribution in [0.2, 0.25) is 0 Å². The van der Waals surface area contributed by atoms with E-state index in [0.717, 1.165) is 40.0 Å². The molecule has 0 aliphatic heterocycles. The average Bonchev–Trinajstić information content (AvgIpc) is 3.39. The highest BCUT2D eigenvalue weighted by atomic mass is 16.2. The van der Waals surface area contributed by atoms with Crippen LogP contribution in [0.1, 0.15) is 33.0 Å². The van der Waals surface area contributed by atoms with Crippen molar-refractivity contribution in [1.29, 1.82) is 0 Å². The van der Waals surface area contributed by atoms with Gasteiger partial charge in [-0.3, -0.25) is 9.89 Å². The molecule has 3 heterocycles. The number of nitrogens with one attached hydrogen (secondary N) is 1. The van der Waals surface area contributed by atoms with Crippen molar-refractivity contribution in [3.63, 3.8) is 0 Å². The van der Waals surface area contributed by atoms with Gasteiger partial charge in [-0.2, -0.15) is 5.10 Å². The number of carbonyl (C=O) groups excluding carboxylic acids is 1. The van der Waals surface area contributed by atoms with E-state index in [0.29, 0.717) is 30.8 Å². The average molecular weight is 391 g/mol. The first-order valence-corrected chi connectivity index (χ1v) is 9.93. The molecule has 4 aromatic rings. The minimum Gasteiger partial charge on any atom is -0.382 e. The molecule has 29 heavy (non-hydrogen) atoms. The molecular formula is C21H25N7O. The topological polar surface area (TPSA) is 106 Å². The number of fused-ring (bicyclic) bond motifs is 3. The van der Waals surface area contributed by atoms with E-state index in [2.05, 4.69) is 26.7 Å². The number of hydrogen-bond acceptors (Lipinski definition) is 5. The van der Waals surface area contributed by atoms with Crippen molar-refractivity contribution >= 4 is 33.7 Å². The molecule has 0 fully saturated rings. The zero-order valence-electron chi connectivity index (χ0n) is 16.9. The number of rotatable bonds is 6. The van der Waals surface area contributed by atoms with Gasteiger partial charge in [0.25, 0.3) is 0 Å². The van der Waals surface area contributed by atoms with Crippen molar-refractivity contribution in [2.75, 3.05) is 12.3 Å². The fourth-order valence-electron chi connectivity index (χ4n) is 3.77. The van der Waals surface area contributed by atoms with Crippen LogP contribution in [0, 0.1) is 0 Å². The molecule has 0 unspecified atom stereocenters. The Morgan fingerprint density at radius 3 is 2.69 bits per heavy atom. The first-order valence-electron chi connectivity index (χ1n) is 9.93. The van der Waals surface area contributed by atoms with E-state index in [1.165, 1.54) is 0 Å². The standard InChI is InChI=1S/C21H25N7O/c1-4-18(29)27(5-2)12-17-25-19-20(28(17)6-3)14-8-7-13(15-9-10-23-26-15)11-16(14)24-21(19)22/h7-11H,4-6,12H2,1-3H3,(H2,22,24)(H,23,26). The molecule has 0 spiro atoms. The van der Waals surface area contributed by atoms with Gasteiger partial charge >= 0.3 is 0 Å². The zero-order valence-corrected chi connectivity index (χ0v) is 16.9. The number of aromatic nitrogens is 5. The molecule has 0 aliphatic carbocycles. The monoisotopic (exact) mass is 391 g/mol. The third kappa shape index (κ3) is 3.20. The van der Waals surface area contributed by atoms with Crippen molar-refractivity contribution in [3.8, 4) is 11.3 Å². The van der Waals surface area contributed by atoms with Gasteiger partial charge in [0.05, 0.1) is 23.3 Å². The fraction of sp³-hybridized carbons (Fsp3) is 0.333. The van der Waals surface area contributed by atoms with Gasteiger partial charge in [0.2, 0.25) is 5.91 Å². The van der Waals surface area contributed by atoms with Gasteiger partial charge in [-0.15, -0.1) is 0 Å². The lowest BCUT2D eigenvalue weighted by atomic mass is 10.1. The van der Waals surface area contributed by atoms with Crippen molar-refractivity contribution in [2.24, 2.45) is 0 Å². The Hall–Kier alpha value is -3.42. The van der Waals surface area contributed by atoms with Crippen LogP contribution >= 0.6 is 0 Å². The number of nitrogens with zero attached hydrogens (tertiary/aromatic N) is 5. The second-order valence-corrected chi connectivity index (χ2v) is 6.93. The highest BCUT2D eigenvalue weighted by Crippen LogP contribution is 2.31. The van der Waals surface area contributed by atoms with Crippen LogP contribution in [0.3, 0.4) is 0 Å². The Bertz CT molecular complexity index is 1180. The molecule has 150 valence electrons. The molecule has 8 nitrogen and oxygen atoms in total. The first-order chi connectivity index (χ1) is 14.1. The number of pyridine rings is 1. The lowest BCUT2D eigenvalue weighted by Crippen LogP contribution is -2.30. The number of carbonyl (C=O) groups is 1. The summed E-state index contributed by atoms with van der Waals surface area (Å²) in [7, 11) is 0. The number of H-pyrrole nitrogens is 1. The van der Waals surface area contributed by atoms with Crippen molar-refractivity contribution < 1.29 is 4.79 Å². The predicted octanol–water partition coefficient (Wildman–Crippen LogP) is 3.34. The lowest BCUT2D eigenvalue weighted by Gasteiger charge is -2.20. The molecule has 0 aliphatic rings. The second-order valence-electron chi connectivity index (χ2n) is 6.93. The number of hydrogen-bond donors (Lipinski definition) is 2. The molecule has 1 aromatic carbocycles. The molecular weight excluding hydrogens is 366 g/mol. The van der Waals surface area contributed by atoms with Crippen molar-refractivity contribution in [1.82, 2.24) is 29.6 Å². The molecule has 3 aromatic heterocycles. The van der Waals surface area contributed by atoms with Crippen LogP contribution in [0.5, 0.6) is 0 Å². The van der Waals surface area contributed by atoms with Gasteiger partial charge in [0.1, 0.15) is 11.3 Å². The third-order valence-electron chi connectivity index (χ3n) is 5.28. The number of imidazole rings is 1. The third-order valence-corrected chi connectivity index (χ3v) is 5.28. The molecule has 1 amide bonds. The number of amides is 1. The summed E-state index contributed by atoms with van der Waals surface area (Å²) in [5.74, 6) is 1.33. The summed E-state index contributed by atoms with van der Waals surface area (Å²) in [6, 6.07) is 8.01. The molecule has 0 atom stereocenters. The number of nitrogen functional groups attached to an aromatic ring is 1. The molecule has 0 saturated carbocycles. The summed E-state index contributed by atoms with van der Waals surface area (Å²) >= 11 is 0. The summed E-state index contributed by atoms with van der Waals surface area (Å²) in [5.41, 5.74) is 10.7. The van der Waals surface area contributed by atoms with Crippen LogP contribution in [-0.2, 0) is 17.9 Å². The van der Waals surface area contributed by atoms with Gasteiger partial charge in [-0.1, -0.05) is 13.0 Å². The zero-order chi connectivity index (χ0) is 20.5. The fourth-order valence-corrected chi connectivity index (χ4v) is 3.77. The summed E-state index contributed by atoms with van der Waals surface area (Å²) in [4.78, 5) is 23.4. The maximum Gasteiger partial charge on any atom is 0.222 e. The van der Waals surface area contributed by atoms with Crippen LogP contribution in [-0.4, -0.2) is 42.1 Å². The Morgan fingerprint density at radius 2 is 2.03 bits per heavy atom. The van der Waals surface area contributed by atoms with Crippen LogP contribution in [0.25, 0.3) is 33.2 Å². The molecule has 0 radical (unpaired) electrons. The lowest BCUT2D eigenvalue weighted by molar-refractivity contribution is -0.131. The van der Waals surface area contributed by atoms with Gasteiger partial charge in [-0.05, 0) is 32.0 Å². The maximum absolute atomic E-state index is 12.2. The number of aromatic amines is 1. The summed E-state index contributed by atoms with van der Waals surface area (Å²) in [6.07, 6.45) is 2.20. The second kappa shape index (κ2) is 7.54. The highest BCUT2D eigenvalue weighted by molar-refractivity contribution is 6.07. The Morgan fingerprint density at radius 1 is 1.21 bits per heavy atom. The number of benzene rings is 1. The van der Waals surface area contributed by atoms with E-state index in [9.17, 15) is 4.79 Å². The van der Waals surface area contributed by atoms with Gasteiger partial charge in [0, 0.05) is 36.7 Å². The van der Waals surface area contributed by atoms with Crippen LogP contribution < -0.4 is 5.73 Å². The van der Waals surface area contributed by atoms with Crippen molar-refractivity contribution in [2.45, 2.75) is 40.3 Å². The number of anilines is 1. The van der Waals surface area contributed by atoms with E-state index >= 15 is 0 Å². The SMILES string of the molecule is CCC(=O)N(CC)Cc1nc2c(N)nc3cc(-c4ccn[nH]4)ccc3c2n1CC. The number of nitrogens with two attached hydrogens (primary N) is 1. The van der Waals surface area contributed by atoms with E-state index in [4.69, 9.17) is 10.7 Å². The summed E-state index contributed by atoms with van der Waals surface area (Å²) < 4.78 is 2.14. The normalized spacial score (nSPS) is 11.4. The maximum atomic E-state index is 12.2. The summed E-state index contributed by atoms with van der Waals surface area (Å²) in [5, 5.41) is 7.98. The van der Waals surface area contributed by atoms with E-state index in [1.807, 2.05) is 43.0 Å². The molecule has 3 N–H and O–H groups in total. The molecule has 8 heteroatoms. The molecule has 0 bridgehead atoms. The van der Waals surface area contributed by atoms with E-state index < -0.39 is 0 Å². The van der Waals surface area contributed by atoms with Gasteiger partial charge in [-0.25, -0.2) is 9.97 Å². The van der Waals surface area contributed by atoms with Gasteiger partial charge < -0.3 is 15.2 Å². The molecule has 0 saturated heterocycles. The largest absolute Gasteiger partial charge is 0.382 e. The molecule has 4 rings (SSSR count). The van der Waals surface area contributed by atoms with Crippen LogP contribution in [0.4, 0.5) is 5.82 Å². The minimum atomic E-state index is 0.113. The minimum absolute atomic E-state index is 0.113. The quantitative estimate of drug-likeness (QED) is 0.524. The van der Waals surface area contributed by atoms with Gasteiger partial charge in [0.15, 0.2) is 5.82 Å². The van der Waals surface area contributed by atoms with Crippen LogP contribution in [0.15, 0.2) is 30.5 Å². The van der Waals surface area contributed by atoms with E-state index in [1.54, 1.807) is 6.20 Å². The van der Waals surface area contributed by atoms with Crippen molar-refractivity contribution in [3.05, 3.63) is 36.3 Å². The summed E-state index contributed by atoms with van der Waals surface area (Å²) in [6.45, 7) is 7.75. The smallest absolute Gasteiger partial charge is 0.222 e.